The van der Waals surface area contributed by atoms with E-state index in [1.165, 1.54) is 11.8 Å². The Hall–Kier alpha value is -2.63. The molecule has 1 unspecified atom stereocenters. The van der Waals surface area contributed by atoms with Gasteiger partial charge in [-0.2, -0.15) is 0 Å². The molecule has 1 heterocycles. The van der Waals surface area contributed by atoms with Gasteiger partial charge in [-0.15, -0.1) is 0 Å². The van der Waals surface area contributed by atoms with E-state index >= 15 is 0 Å². The van der Waals surface area contributed by atoms with Crippen LogP contribution in [0.15, 0.2) is 53.5 Å². The van der Waals surface area contributed by atoms with E-state index in [4.69, 9.17) is 0 Å². The van der Waals surface area contributed by atoms with E-state index in [1.807, 2.05) is 18.2 Å². The van der Waals surface area contributed by atoms with Crippen LogP contribution in [0.5, 0.6) is 0 Å². The molecule has 3 rings (SSSR count). The van der Waals surface area contributed by atoms with Crippen LogP contribution < -0.4 is 15.5 Å². The molecule has 2 aromatic rings. The molecule has 1 aliphatic heterocycles. The summed E-state index contributed by atoms with van der Waals surface area (Å²) in [5.74, 6) is -0.122. The molecule has 0 spiro atoms. The van der Waals surface area contributed by atoms with Gasteiger partial charge in [0.2, 0.25) is 0 Å². The zero-order chi connectivity index (χ0) is 18.4. The molecule has 2 aromatic carbocycles. The van der Waals surface area contributed by atoms with Crippen molar-refractivity contribution in [3.63, 3.8) is 0 Å². The Morgan fingerprint density at radius 3 is 2.77 bits per heavy atom. The molecule has 0 aliphatic carbocycles. The van der Waals surface area contributed by atoms with Gasteiger partial charge in [-0.05, 0) is 48.7 Å². The Morgan fingerprint density at radius 2 is 2.00 bits per heavy atom. The summed E-state index contributed by atoms with van der Waals surface area (Å²) >= 11 is 0. The molecule has 138 valence electrons. The molecule has 1 aliphatic rings. The molecule has 1 atom stereocenters. The smallest absolute Gasteiger partial charge is 0.191 e. The van der Waals surface area contributed by atoms with Gasteiger partial charge in [0, 0.05) is 38.4 Å². The van der Waals surface area contributed by atoms with E-state index in [9.17, 15) is 8.78 Å². The second-order valence-electron chi connectivity index (χ2n) is 6.40. The number of rotatable bonds is 5. The second-order valence-corrected chi connectivity index (χ2v) is 6.40. The van der Waals surface area contributed by atoms with Gasteiger partial charge in [-0.1, -0.05) is 18.2 Å². The van der Waals surface area contributed by atoms with Crippen molar-refractivity contribution in [1.29, 1.82) is 0 Å². The van der Waals surface area contributed by atoms with E-state index < -0.39 is 5.82 Å². The van der Waals surface area contributed by atoms with Crippen LogP contribution in [-0.4, -0.2) is 38.7 Å². The highest BCUT2D eigenvalue weighted by Crippen LogP contribution is 2.19. The number of guanidine groups is 1. The van der Waals surface area contributed by atoms with E-state index in [2.05, 4.69) is 32.7 Å². The molecule has 1 fully saturated rings. The number of anilines is 1. The Labute approximate surface area is 152 Å². The van der Waals surface area contributed by atoms with Crippen molar-refractivity contribution < 1.29 is 8.78 Å². The molecule has 6 heteroatoms. The van der Waals surface area contributed by atoms with Crippen LogP contribution in [0.25, 0.3) is 0 Å². The number of hydrogen-bond acceptors (Lipinski definition) is 2. The molecule has 0 saturated carbocycles. The predicted octanol–water partition coefficient (Wildman–Crippen LogP) is 2.95. The van der Waals surface area contributed by atoms with Crippen LogP contribution in [-0.2, 0) is 6.42 Å². The average molecular weight is 358 g/mol. The van der Waals surface area contributed by atoms with Gasteiger partial charge in [0.1, 0.15) is 11.6 Å². The van der Waals surface area contributed by atoms with Crippen molar-refractivity contribution >= 4 is 11.6 Å². The number of para-hydroxylation sites is 1. The monoisotopic (exact) mass is 358 g/mol. The normalized spacial score (nSPS) is 17.4. The SMILES string of the molecule is CN=C(NCCc1cc(F)ccc1F)NC1CCN(c2ccccc2)C1. The lowest BCUT2D eigenvalue weighted by Gasteiger charge is -2.20. The summed E-state index contributed by atoms with van der Waals surface area (Å²) in [6.07, 6.45) is 1.42. The zero-order valence-electron chi connectivity index (χ0n) is 14.9. The van der Waals surface area contributed by atoms with Gasteiger partial charge in [-0.25, -0.2) is 8.78 Å². The molecule has 0 bridgehead atoms. The van der Waals surface area contributed by atoms with Crippen molar-refractivity contribution in [3.8, 4) is 0 Å². The van der Waals surface area contributed by atoms with Crippen molar-refractivity contribution in [2.24, 2.45) is 4.99 Å². The molecule has 26 heavy (non-hydrogen) atoms. The molecule has 4 nitrogen and oxygen atoms in total. The third-order valence-corrected chi connectivity index (χ3v) is 4.57. The lowest BCUT2D eigenvalue weighted by molar-refractivity contribution is 0.582. The van der Waals surface area contributed by atoms with Crippen LogP contribution in [0, 0.1) is 11.6 Å². The summed E-state index contributed by atoms with van der Waals surface area (Å²) in [5.41, 5.74) is 1.59. The number of halogens is 2. The highest BCUT2D eigenvalue weighted by atomic mass is 19.1. The van der Waals surface area contributed by atoms with Crippen molar-refractivity contribution in [2.45, 2.75) is 18.9 Å². The number of benzene rings is 2. The Balaban J connectivity index is 1.47. The first-order chi connectivity index (χ1) is 12.7. The third kappa shape index (κ3) is 4.71. The standard InChI is InChI=1S/C20H24F2N4/c1-23-20(24-11-9-15-13-16(21)7-8-19(15)22)25-17-10-12-26(14-17)18-5-3-2-4-6-18/h2-8,13,17H,9-12,14H2,1H3,(H2,23,24,25). The molecular weight excluding hydrogens is 334 g/mol. The Morgan fingerprint density at radius 1 is 1.19 bits per heavy atom. The van der Waals surface area contributed by atoms with Crippen LogP contribution in [0.3, 0.4) is 0 Å². The van der Waals surface area contributed by atoms with Crippen LogP contribution >= 0.6 is 0 Å². The number of nitrogens with one attached hydrogen (secondary N) is 2. The van der Waals surface area contributed by atoms with Crippen molar-refractivity contribution in [1.82, 2.24) is 10.6 Å². The highest BCUT2D eigenvalue weighted by molar-refractivity contribution is 5.80. The Bertz CT molecular complexity index is 749. The summed E-state index contributed by atoms with van der Waals surface area (Å²) in [6.45, 7) is 2.38. The van der Waals surface area contributed by atoms with Gasteiger partial charge in [0.05, 0.1) is 0 Å². The quantitative estimate of drug-likeness (QED) is 0.638. The maximum absolute atomic E-state index is 13.7. The minimum Gasteiger partial charge on any atom is -0.369 e. The van der Waals surface area contributed by atoms with Gasteiger partial charge in [0.15, 0.2) is 5.96 Å². The summed E-state index contributed by atoms with van der Waals surface area (Å²) in [7, 11) is 1.71. The fourth-order valence-electron chi connectivity index (χ4n) is 3.19. The molecular formula is C20H24F2N4. The van der Waals surface area contributed by atoms with Gasteiger partial charge >= 0.3 is 0 Å². The summed E-state index contributed by atoms with van der Waals surface area (Å²) < 4.78 is 26.9. The zero-order valence-corrected chi connectivity index (χ0v) is 14.9. The lowest BCUT2D eigenvalue weighted by Crippen LogP contribution is -2.45. The lowest BCUT2D eigenvalue weighted by atomic mass is 10.1. The van der Waals surface area contributed by atoms with Gasteiger partial charge in [-0.3, -0.25) is 4.99 Å². The van der Waals surface area contributed by atoms with E-state index in [0.717, 1.165) is 31.6 Å². The molecule has 0 aromatic heterocycles. The van der Waals surface area contributed by atoms with E-state index in [0.29, 0.717) is 30.5 Å². The fraction of sp³-hybridized carbons (Fsp3) is 0.350. The van der Waals surface area contributed by atoms with Crippen LogP contribution in [0.2, 0.25) is 0 Å². The molecule has 2 N–H and O–H groups in total. The first-order valence-electron chi connectivity index (χ1n) is 8.87. The van der Waals surface area contributed by atoms with Crippen molar-refractivity contribution in [3.05, 3.63) is 65.7 Å². The number of hydrogen-bond donors (Lipinski definition) is 2. The first-order valence-corrected chi connectivity index (χ1v) is 8.87. The number of nitrogens with zero attached hydrogens (tertiary/aromatic N) is 2. The van der Waals surface area contributed by atoms with Crippen LogP contribution in [0.1, 0.15) is 12.0 Å². The minimum absolute atomic E-state index is 0.298. The van der Waals surface area contributed by atoms with Crippen molar-refractivity contribution in [2.75, 3.05) is 31.6 Å². The maximum atomic E-state index is 13.7. The summed E-state index contributed by atoms with van der Waals surface area (Å²) in [6, 6.07) is 14.2. The summed E-state index contributed by atoms with van der Waals surface area (Å²) in [4.78, 5) is 6.57. The molecule has 0 radical (unpaired) electrons. The van der Waals surface area contributed by atoms with Gasteiger partial charge in [0.25, 0.3) is 0 Å². The average Bonchev–Trinajstić information content (AvgIpc) is 3.13. The fourth-order valence-corrected chi connectivity index (χ4v) is 3.19. The second kappa shape index (κ2) is 8.65. The van der Waals surface area contributed by atoms with E-state index in [1.54, 1.807) is 7.05 Å². The first kappa shape index (κ1) is 18.2. The number of aliphatic imine (C=N–C) groups is 1. The van der Waals surface area contributed by atoms with Gasteiger partial charge < -0.3 is 15.5 Å². The highest BCUT2D eigenvalue weighted by Gasteiger charge is 2.23. The minimum atomic E-state index is -0.420. The molecule has 0 amide bonds. The summed E-state index contributed by atoms with van der Waals surface area (Å²) in [5, 5.41) is 6.58. The predicted molar refractivity (Wildman–Crippen MR) is 102 cm³/mol. The topological polar surface area (TPSA) is 39.7 Å². The molecule has 1 saturated heterocycles. The van der Waals surface area contributed by atoms with E-state index in [-0.39, 0.29) is 5.82 Å². The maximum Gasteiger partial charge on any atom is 0.191 e. The van der Waals surface area contributed by atoms with Crippen LogP contribution in [0.4, 0.5) is 14.5 Å². The largest absolute Gasteiger partial charge is 0.369 e. The Kier molecular flexibility index (Phi) is 6.04. The third-order valence-electron chi connectivity index (χ3n) is 4.57.